The fraction of sp³-hybridized carbons (Fsp3) is 0.667. The summed E-state index contributed by atoms with van der Waals surface area (Å²) in [5.41, 5.74) is 1.44. The molecule has 0 saturated heterocycles. The molecule has 6 heteroatoms. The van der Waals surface area contributed by atoms with Crippen molar-refractivity contribution < 1.29 is 9.59 Å². The first kappa shape index (κ1) is 14.2. The second-order valence-electron chi connectivity index (χ2n) is 5.51. The first-order valence-corrected chi connectivity index (χ1v) is 6.82. The van der Waals surface area contributed by atoms with Crippen molar-refractivity contribution in [2.24, 2.45) is 17.3 Å². The van der Waals surface area contributed by atoms with E-state index in [2.05, 4.69) is 19.2 Å². The molecule has 0 spiro atoms. The lowest BCUT2D eigenvalue weighted by atomic mass is 9.96. The number of ketones is 1. The zero-order valence-electron chi connectivity index (χ0n) is 10.3. The van der Waals surface area contributed by atoms with Gasteiger partial charge in [0.05, 0.1) is 0 Å². The summed E-state index contributed by atoms with van der Waals surface area (Å²) in [5, 5.41) is 2.57. The predicted octanol–water partition coefficient (Wildman–Crippen LogP) is 2.99. The average Bonchev–Trinajstić information content (AvgIpc) is 2.59. The summed E-state index contributed by atoms with van der Waals surface area (Å²) in [5.74, 6) is -0.101. The van der Waals surface area contributed by atoms with E-state index in [9.17, 15) is 9.59 Å². The fourth-order valence-electron chi connectivity index (χ4n) is 2.97. The highest BCUT2D eigenvalue weighted by Gasteiger charge is 2.64. The van der Waals surface area contributed by atoms with Gasteiger partial charge in [-0.05, 0) is 30.6 Å². The van der Waals surface area contributed by atoms with Crippen LogP contribution in [0, 0.1) is 17.3 Å². The molecule has 1 saturated carbocycles. The molecule has 0 radical (unpaired) electrons. The van der Waals surface area contributed by atoms with E-state index in [4.69, 9.17) is 34.8 Å². The summed E-state index contributed by atoms with van der Waals surface area (Å²) in [6.45, 7) is 5.76. The van der Waals surface area contributed by atoms with Gasteiger partial charge in [-0.3, -0.25) is 9.59 Å². The van der Waals surface area contributed by atoms with Gasteiger partial charge in [0.2, 0.25) is 0 Å². The predicted molar refractivity (Wildman–Crippen MR) is 71.5 cm³/mol. The van der Waals surface area contributed by atoms with E-state index in [1.807, 2.05) is 0 Å². The number of amides is 1. The number of nitrogens with one attached hydrogen (secondary N) is 1. The molecule has 2 rings (SSSR count). The maximum absolute atomic E-state index is 11.7. The number of rotatable bonds is 2. The number of hydrogen-bond acceptors (Lipinski definition) is 2. The summed E-state index contributed by atoms with van der Waals surface area (Å²) >= 11 is 16.5. The Hall–Kier alpha value is -0.250. The van der Waals surface area contributed by atoms with Crippen molar-refractivity contribution in [2.75, 3.05) is 0 Å². The number of carbonyl (C=O) groups excluding carboxylic acids is 2. The largest absolute Gasteiger partial charge is 0.326 e. The third-order valence-corrected chi connectivity index (χ3v) is 4.53. The first-order chi connectivity index (χ1) is 8.06. The van der Waals surface area contributed by atoms with Crippen LogP contribution in [0.2, 0.25) is 0 Å². The molecule has 0 unspecified atom stereocenters. The van der Waals surface area contributed by atoms with Crippen LogP contribution >= 0.6 is 34.8 Å². The maximum Gasteiger partial charge on any atom is 0.276 e. The van der Waals surface area contributed by atoms with Crippen molar-refractivity contribution in [3.05, 3.63) is 11.3 Å². The molecule has 0 bridgehead atoms. The van der Waals surface area contributed by atoms with E-state index in [0.29, 0.717) is 23.6 Å². The number of alkyl halides is 3. The number of allylic oxidation sites excluding steroid dienone is 2. The van der Waals surface area contributed by atoms with Crippen LogP contribution < -0.4 is 5.32 Å². The zero-order valence-corrected chi connectivity index (χ0v) is 12.6. The number of carbonyl (C=O) groups is 2. The van der Waals surface area contributed by atoms with Crippen molar-refractivity contribution in [2.45, 2.75) is 31.0 Å². The van der Waals surface area contributed by atoms with Gasteiger partial charge in [-0.1, -0.05) is 48.7 Å². The molecule has 1 fully saturated rings. The highest BCUT2D eigenvalue weighted by Crippen LogP contribution is 2.68. The number of hydrogen-bond donors (Lipinski definition) is 1. The summed E-state index contributed by atoms with van der Waals surface area (Å²) in [4.78, 5) is 23.3. The Labute approximate surface area is 121 Å². The lowest BCUT2D eigenvalue weighted by molar-refractivity contribution is -0.119. The lowest BCUT2D eigenvalue weighted by Crippen LogP contribution is -2.35. The van der Waals surface area contributed by atoms with Gasteiger partial charge in [0.15, 0.2) is 5.78 Å². The smallest absolute Gasteiger partial charge is 0.276 e. The van der Waals surface area contributed by atoms with E-state index < -0.39 is 9.70 Å². The SMILES string of the molecule is CC(=O)C1=C(NC(=O)C(Cl)(Cl)Cl)C[C@H]2[C@@H]1C2(C)C. The number of Topliss-reactive ketones (excluding diaryl/α,β-unsaturated/α-hetero) is 1. The third-order valence-electron chi connectivity index (χ3n) is 4.01. The van der Waals surface area contributed by atoms with Crippen LogP contribution in [0.3, 0.4) is 0 Å². The van der Waals surface area contributed by atoms with Gasteiger partial charge in [0.1, 0.15) is 0 Å². The molecule has 2 aliphatic rings. The summed E-state index contributed by atoms with van der Waals surface area (Å²) in [6, 6.07) is 0. The van der Waals surface area contributed by atoms with Gasteiger partial charge in [-0.25, -0.2) is 0 Å². The van der Waals surface area contributed by atoms with Crippen molar-refractivity contribution >= 4 is 46.5 Å². The van der Waals surface area contributed by atoms with Gasteiger partial charge in [-0.15, -0.1) is 0 Å². The van der Waals surface area contributed by atoms with E-state index in [-0.39, 0.29) is 17.1 Å². The van der Waals surface area contributed by atoms with E-state index in [1.165, 1.54) is 6.92 Å². The summed E-state index contributed by atoms with van der Waals surface area (Å²) < 4.78 is -2.00. The molecule has 100 valence electrons. The van der Waals surface area contributed by atoms with Crippen molar-refractivity contribution in [1.29, 1.82) is 0 Å². The minimum atomic E-state index is -2.00. The number of fused-ring (bicyclic) bond motifs is 1. The molecule has 0 aromatic heterocycles. The van der Waals surface area contributed by atoms with Crippen LogP contribution in [0.1, 0.15) is 27.2 Å². The normalized spacial score (nSPS) is 29.0. The topological polar surface area (TPSA) is 46.2 Å². The molecule has 2 aliphatic carbocycles. The lowest BCUT2D eigenvalue weighted by Gasteiger charge is -2.17. The Bertz CT molecular complexity index is 462. The van der Waals surface area contributed by atoms with Crippen LogP contribution in [-0.2, 0) is 9.59 Å². The molecule has 0 aliphatic heterocycles. The van der Waals surface area contributed by atoms with E-state index >= 15 is 0 Å². The molecule has 18 heavy (non-hydrogen) atoms. The highest BCUT2D eigenvalue weighted by molar-refractivity contribution is 6.76. The minimum absolute atomic E-state index is 0.0207. The van der Waals surface area contributed by atoms with Gasteiger partial charge in [0, 0.05) is 11.3 Å². The Morgan fingerprint density at radius 2 is 1.89 bits per heavy atom. The Balaban J connectivity index is 2.23. The van der Waals surface area contributed by atoms with Crippen LogP contribution in [0.4, 0.5) is 0 Å². The Morgan fingerprint density at radius 3 is 2.33 bits per heavy atom. The van der Waals surface area contributed by atoms with Gasteiger partial charge < -0.3 is 5.32 Å². The quantitative estimate of drug-likeness (QED) is 0.797. The molecule has 0 heterocycles. The average molecular weight is 311 g/mol. The maximum atomic E-state index is 11.7. The van der Waals surface area contributed by atoms with Crippen molar-refractivity contribution in [3.8, 4) is 0 Å². The first-order valence-electron chi connectivity index (χ1n) is 5.69. The summed E-state index contributed by atoms with van der Waals surface area (Å²) in [7, 11) is 0. The second kappa shape index (κ2) is 4.12. The fourth-order valence-corrected chi connectivity index (χ4v) is 3.12. The Morgan fingerprint density at radius 1 is 1.33 bits per heavy atom. The van der Waals surface area contributed by atoms with E-state index in [1.54, 1.807) is 0 Å². The molecular weight excluding hydrogens is 296 g/mol. The molecule has 3 nitrogen and oxygen atoms in total. The van der Waals surface area contributed by atoms with Crippen molar-refractivity contribution in [3.63, 3.8) is 0 Å². The molecule has 0 aromatic rings. The van der Waals surface area contributed by atoms with E-state index in [0.717, 1.165) is 0 Å². The van der Waals surface area contributed by atoms with Crippen LogP contribution in [0.5, 0.6) is 0 Å². The molecule has 1 amide bonds. The Kier molecular flexibility index (Phi) is 3.24. The monoisotopic (exact) mass is 309 g/mol. The standard InChI is InChI=1S/C12H14Cl3NO2/c1-5(17)8-7(16-10(18)12(13,14)15)4-6-9(8)11(6,2)3/h6,9H,4H2,1-3H3,(H,16,18)/t6-,9-/m0/s1. The summed E-state index contributed by atoms with van der Waals surface area (Å²) in [6.07, 6.45) is 0.666. The number of halogens is 3. The molecule has 2 atom stereocenters. The third kappa shape index (κ3) is 2.17. The van der Waals surface area contributed by atoms with Gasteiger partial charge in [0.25, 0.3) is 9.70 Å². The minimum Gasteiger partial charge on any atom is -0.326 e. The van der Waals surface area contributed by atoms with Gasteiger partial charge >= 0.3 is 0 Å². The van der Waals surface area contributed by atoms with Crippen LogP contribution in [0.15, 0.2) is 11.3 Å². The van der Waals surface area contributed by atoms with Gasteiger partial charge in [-0.2, -0.15) is 0 Å². The second-order valence-corrected chi connectivity index (χ2v) is 7.79. The molecule has 0 aromatic carbocycles. The van der Waals surface area contributed by atoms with Crippen molar-refractivity contribution in [1.82, 2.24) is 5.32 Å². The molecule has 1 N–H and O–H groups in total. The van der Waals surface area contributed by atoms with Crippen LogP contribution in [-0.4, -0.2) is 15.5 Å². The highest BCUT2D eigenvalue weighted by atomic mass is 35.6. The zero-order chi connectivity index (χ0) is 13.9. The molecular formula is C12H14Cl3NO2. The van der Waals surface area contributed by atoms with Crippen LogP contribution in [0.25, 0.3) is 0 Å².